The van der Waals surface area contributed by atoms with E-state index >= 15 is 0 Å². The lowest BCUT2D eigenvalue weighted by molar-refractivity contribution is -0.134. The Morgan fingerprint density at radius 1 is 0.744 bits per heavy atom. The van der Waals surface area contributed by atoms with E-state index in [1.807, 2.05) is 0 Å². The number of hydrogen-bond donors (Lipinski definition) is 0. The van der Waals surface area contributed by atoms with Gasteiger partial charge in [-0.2, -0.15) is 0 Å². The lowest BCUT2D eigenvalue weighted by Gasteiger charge is -2.36. The molecular weight excluding hydrogens is 543 g/mol. The molecule has 1 heterocycles. The van der Waals surface area contributed by atoms with Crippen LogP contribution in [0.15, 0.2) is 115 Å². The lowest BCUT2D eigenvalue weighted by Crippen LogP contribution is -2.43. The van der Waals surface area contributed by atoms with E-state index in [2.05, 4.69) is 122 Å². The molecule has 2 fully saturated rings. The van der Waals surface area contributed by atoms with Crippen molar-refractivity contribution in [2.24, 2.45) is 10.9 Å². The number of carbonyl (C=O) groups is 1. The highest BCUT2D eigenvalue weighted by molar-refractivity contribution is 7.66. The Kier molecular flexibility index (Phi) is 9.20. The molecule has 0 N–H and O–H groups in total. The number of amidine groups is 1. The molecule has 1 unspecified atom stereocenters. The molecule has 7 rings (SSSR count). The molecule has 0 saturated heterocycles. The third-order valence-electron chi connectivity index (χ3n) is 9.66. The molecule has 1 amide bonds. The Morgan fingerprint density at radius 2 is 1.37 bits per heavy atom. The summed E-state index contributed by atoms with van der Waals surface area (Å²) in [6.45, 7) is 8.47. The number of benzene rings is 4. The van der Waals surface area contributed by atoms with E-state index in [9.17, 15) is 4.79 Å². The van der Waals surface area contributed by atoms with Gasteiger partial charge in [-0.3, -0.25) is 14.7 Å². The highest BCUT2D eigenvalue weighted by Crippen LogP contribution is 2.51. The molecule has 3 nitrogen and oxygen atoms in total. The fraction of sp³-hybridized carbons (Fsp3) is 0.333. The zero-order valence-corrected chi connectivity index (χ0v) is 26.3. The summed E-state index contributed by atoms with van der Waals surface area (Å²) in [7, 11) is -0.396. The third kappa shape index (κ3) is 5.73. The van der Waals surface area contributed by atoms with Gasteiger partial charge in [0.1, 0.15) is 11.9 Å². The molecule has 220 valence electrons. The standard InChI is InChI=1S/C37H39N2OP.C2H4/c1-41(30-21-13-22-30)35-31-23-12-11-14-26(31)24-25-32(35)36-38-33(27-15-5-2-6-16-27)34(28-17-7-3-8-18-28)39(36)37(40)29-19-9-4-10-20-29;1-2/h2-3,5-8,11-12,14-18,23-25,29-30,33-34H,4,9-10,13,19-22H2,1H3;1-2H2/t33-,34-,41?;/m0./s1. The van der Waals surface area contributed by atoms with E-state index < -0.39 is 7.92 Å². The van der Waals surface area contributed by atoms with Crippen LogP contribution >= 0.6 is 7.92 Å². The van der Waals surface area contributed by atoms with E-state index in [0.29, 0.717) is 0 Å². The third-order valence-corrected chi connectivity index (χ3v) is 12.5. The van der Waals surface area contributed by atoms with Crippen LogP contribution in [0, 0.1) is 5.92 Å². The van der Waals surface area contributed by atoms with Gasteiger partial charge in [-0.15, -0.1) is 13.2 Å². The van der Waals surface area contributed by atoms with Gasteiger partial charge < -0.3 is 0 Å². The molecule has 0 spiro atoms. The number of hydrogen-bond acceptors (Lipinski definition) is 2. The summed E-state index contributed by atoms with van der Waals surface area (Å²) < 4.78 is 0. The van der Waals surface area contributed by atoms with Gasteiger partial charge >= 0.3 is 0 Å². The SMILES string of the molecule is C=C.CP(c1c(C2=N[C@@H](c3ccccc3)[C@H](c3ccccc3)N2C(=O)C2CCCCC2)ccc2ccccc12)C1CCC1. The first kappa shape index (κ1) is 29.5. The number of fused-ring (bicyclic) bond motifs is 1. The van der Waals surface area contributed by atoms with E-state index in [-0.39, 0.29) is 23.9 Å². The van der Waals surface area contributed by atoms with Crippen LogP contribution in [0.25, 0.3) is 10.8 Å². The van der Waals surface area contributed by atoms with Gasteiger partial charge in [-0.1, -0.05) is 125 Å². The van der Waals surface area contributed by atoms with Crippen molar-refractivity contribution in [2.45, 2.75) is 69.1 Å². The van der Waals surface area contributed by atoms with Crippen molar-refractivity contribution >= 4 is 35.7 Å². The highest BCUT2D eigenvalue weighted by Gasteiger charge is 2.45. The monoisotopic (exact) mass is 586 g/mol. The Labute approximate surface area is 258 Å². The maximum absolute atomic E-state index is 14.7. The minimum Gasteiger partial charge on any atom is -0.286 e. The summed E-state index contributed by atoms with van der Waals surface area (Å²) in [5.74, 6) is 1.21. The number of aliphatic imine (C=N–C) groups is 1. The van der Waals surface area contributed by atoms with Gasteiger partial charge in [0.2, 0.25) is 5.91 Å². The van der Waals surface area contributed by atoms with Crippen molar-refractivity contribution in [2.75, 3.05) is 6.66 Å². The highest BCUT2D eigenvalue weighted by atomic mass is 31.1. The zero-order chi connectivity index (χ0) is 29.8. The van der Waals surface area contributed by atoms with Gasteiger partial charge in [0.05, 0.1) is 6.04 Å². The Balaban J connectivity index is 0.00000161. The molecule has 1 aliphatic heterocycles. The second kappa shape index (κ2) is 13.4. The van der Waals surface area contributed by atoms with Crippen LogP contribution in [0.1, 0.15) is 80.1 Å². The molecule has 3 atom stereocenters. The first-order valence-electron chi connectivity index (χ1n) is 16.0. The van der Waals surface area contributed by atoms with Crippen molar-refractivity contribution in [1.82, 2.24) is 4.90 Å². The fourth-order valence-corrected chi connectivity index (χ4v) is 9.83. The van der Waals surface area contributed by atoms with E-state index in [1.165, 1.54) is 47.3 Å². The molecule has 0 aromatic heterocycles. The Bertz CT molecular complexity index is 1570. The summed E-state index contributed by atoms with van der Waals surface area (Å²) in [5.41, 5.74) is 4.24. The van der Waals surface area contributed by atoms with Crippen LogP contribution in [0.4, 0.5) is 0 Å². The molecule has 2 saturated carbocycles. The summed E-state index contributed by atoms with van der Waals surface area (Å²) in [5, 5.41) is 4.05. The van der Waals surface area contributed by atoms with Crippen LogP contribution in [-0.4, -0.2) is 29.0 Å². The molecule has 0 bridgehead atoms. The van der Waals surface area contributed by atoms with Crippen LogP contribution < -0.4 is 5.30 Å². The Hall–Kier alpha value is -3.55. The largest absolute Gasteiger partial charge is 0.286 e. The average Bonchev–Trinajstić information content (AvgIpc) is 3.45. The predicted molar refractivity (Wildman–Crippen MR) is 184 cm³/mol. The van der Waals surface area contributed by atoms with Crippen molar-refractivity contribution in [3.63, 3.8) is 0 Å². The van der Waals surface area contributed by atoms with Crippen LogP contribution in [0.3, 0.4) is 0 Å². The van der Waals surface area contributed by atoms with Crippen LogP contribution in [-0.2, 0) is 4.79 Å². The second-order valence-corrected chi connectivity index (χ2v) is 14.5. The van der Waals surface area contributed by atoms with E-state index in [4.69, 9.17) is 4.99 Å². The van der Waals surface area contributed by atoms with Gasteiger partial charge in [0.25, 0.3) is 0 Å². The number of amides is 1. The summed E-state index contributed by atoms with van der Waals surface area (Å²) >= 11 is 0. The quantitative estimate of drug-likeness (QED) is 0.164. The van der Waals surface area contributed by atoms with Gasteiger partial charge in [-0.05, 0) is 71.3 Å². The molecule has 4 heteroatoms. The van der Waals surface area contributed by atoms with Gasteiger partial charge in [-0.25, -0.2) is 0 Å². The maximum Gasteiger partial charge on any atom is 0.231 e. The smallest absolute Gasteiger partial charge is 0.231 e. The normalized spacial score (nSPS) is 21.4. The predicted octanol–water partition coefficient (Wildman–Crippen LogP) is 9.58. The van der Waals surface area contributed by atoms with E-state index in [0.717, 1.165) is 48.3 Å². The maximum atomic E-state index is 14.7. The summed E-state index contributed by atoms with van der Waals surface area (Å²) in [6.07, 6.45) is 9.41. The molecule has 4 aromatic carbocycles. The van der Waals surface area contributed by atoms with Gasteiger partial charge in [0.15, 0.2) is 0 Å². The number of carbonyl (C=O) groups excluding carboxylic acids is 1. The van der Waals surface area contributed by atoms with E-state index in [1.54, 1.807) is 0 Å². The minimum absolute atomic E-state index is 0.0633. The number of rotatable bonds is 6. The first-order chi connectivity index (χ1) is 21.2. The van der Waals surface area contributed by atoms with Crippen molar-refractivity contribution < 1.29 is 4.79 Å². The van der Waals surface area contributed by atoms with Crippen molar-refractivity contribution in [3.8, 4) is 0 Å². The topological polar surface area (TPSA) is 32.7 Å². The molecule has 4 aromatic rings. The van der Waals surface area contributed by atoms with Crippen molar-refractivity contribution in [1.29, 1.82) is 0 Å². The minimum atomic E-state index is -0.396. The van der Waals surface area contributed by atoms with Crippen LogP contribution in [0.2, 0.25) is 0 Å². The molecule has 43 heavy (non-hydrogen) atoms. The summed E-state index contributed by atoms with van der Waals surface area (Å²) in [4.78, 5) is 22.5. The first-order valence-corrected chi connectivity index (χ1v) is 17.8. The number of nitrogens with zero attached hydrogens (tertiary/aromatic N) is 2. The average molecular weight is 587 g/mol. The lowest BCUT2D eigenvalue weighted by atomic mass is 9.86. The Morgan fingerprint density at radius 3 is 2.02 bits per heavy atom. The fourth-order valence-electron chi connectivity index (χ4n) is 7.19. The van der Waals surface area contributed by atoms with Gasteiger partial charge in [0, 0.05) is 11.5 Å². The molecule has 0 radical (unpaired) electrons. The molecule has 3 aliphatic rings. The van der Waals surface area contributed by atoms with Crippen molar-refractivity contribution in [3.05, 3.63) is 127 Å². The molecule has 2 aliphatic carbocycles. The molecular formula is C39H43N2OP. The van der Waals surface area contributed by atoms with Crippen LogP contribution in [0.5, 0.6) is 0 Å². The zero-order valence-electron chi connectivity index (χ0n) is 25.4. The summed E-state index contributed by atoms with van der Waals surface area (Å²) in [6, 6.07) is 34.3. The second-order valence-electron chi connectivity index (χ2n) is 12.1.